The maximum Gasteiger partial charge on any atom is 0.344 e. The number of carbonyl (C=O) groups is 2. The molecule has 4 rings (SSSR count). The van der Waals surface area contributed by atoms with E-state index in [1.807, 2.05) is 17.0 Å². The van der Waals surface area contributed by atoms with Gasteiger partial charge < -0.3 is 4.90 Å². The highest BCUT2D eigenvalue weighted by Crippen LogP contribution is 2.41. The Morgan fingerprint density at radius 3 is 2.55 bits per heavy atom. The van der Waals surface area contributed by atoms with Crippen LogP contribution in [0.25, 0.3) is 0 Å². The van der Waals surface area contributed by atoms with Crippen LogP contribution in [0.3, 0.4) is 0 Å². The molecule has 6 nitrogen and oxygen atoms in total. The maximum atomic E-state index is 12.7. The van der Waals surface area contributed by atoms with Crippen molar-refractivity contribution < 1.29 is 9.59 Å². The molecule has 29 heavy (non-hydrogen) atoms. The fourth-order valence-corrected chi connectivity index (χ4v) is 4.76. The van der Waals surface area contributed by atoms with E-state index in [4.69, 9.17) is 11.6 Å². The van der Waals surface area contributed by atoms with Gasteiger partial charge in [-0.2, -0.15) is 9.78 Å². The molecule has 0 unspecified atom stereocenters. The molecule has 0 bridgehead atoms. The summed E-state index contributed by atoms with van der Waals surface area (Å²) in [7, 11) is 0. The van der Waals surface area contributed by atoms with Gasteiger partial charge in [-0.25, -0.2) is 4.79 Å². The van der Waals surface area contributed by atoms with E-state index in [0.717, 1.165) is 50.6 Å². The van der Waals surface area contributed by atoms with Crippen molar-refractivity contribution in [3.8, 4) is 0 Å². The minimum absolute atomic E-state index is 0.130. The largest absolute Gasteiger partial charge is 0.344 e. The average molecular weight is 415 g/mol. The van der Waals surface area contributed by atoms with Crippen LogP contribution in [0.4, 0.5) is 4.79 Å². The second-order valence-corrected chi connectivity index (χ2v) is 8.86. The van der Waals surface area contributed by atoms with Gasteiger partial charge >= 0.3 is 6.03 Å². The summed E-state index contributed by atoms with van der Waals surface area (Å²) in [5, 5.41) is 4.93. The molecule has 2 fully saturated rings. The number of hydrogen-bond donors (Lipinski definition) is 0. The number of benzene rings is 1. The fourth-order valence-electron chi connectivity index (χ4n) is 4.57. The van der Waals surface area contributed by atoms with Crippen molar-refractivity contribution in [1.29, 1.82) is 0 Å². The molecule has 7 heteroatoms. The van der Waals surface area contributed by atoms with Crippen LogP contribution in [0, 0.1) is 12.3 Å². The second-order valence-electron chi connectivity index (χ2n) is 8.46. The van der Waals surface area contributed by atoms with Crippen molar-refractivity contribution >= 4 is 23.4 Å². The lowest BCUT2D eigenvalue weighted by molar-refractivity contribution is 0.101. The normalized spacial score (nSPS) is 19.1. The van der Waals surface area contributed by atoms with Gasteiger partial charge in [-0.05, 0) is 61.4 Å². The summed E-state index contributed by atoms with van der Waals surface area (Å²) in [6.07, 6.45) is 4.76. The number of ketones is 1. The summed E-state index contributed by atoms with van der Waals surface area (Å²) in [6.45, 7) is 8.09. The van der Waals surface area contributed by atoms with E-state index < -0.39 is 0 Å². The highest BCUT2D eigenvalue weighted by molar-refractivity contribution is 6.31. The van der Waals surface area contributed by atoms with Crippen molar-refractivity contribution in [3.05, 3.63) is 52.3 Å². The van der Waals surface area contributed by atoms with E-state index in [9.17, 15) is 9.59 Å². The Balaban J connectivity index is 1.35. The van der Waals surface area contributed by atoms with Crippen LogP contribution in [0.2, 0.25) is 5.02 Å². The predicted octanol–water partition coefficient (Wildman–Crippen LogP) is 4.00. The zero-order valence-corrected chi connectivity index (χ0v) is 17.8. The Hall–Kier alpha value is -2.18. The first-order chi connectivity index (χ1) is 13.9. The molecule has 154 valence electrons. The molecule has 0 N–H and O–H groups in total. The van der Waals surface area contributed by atoms with E-state index in [-0.39, 0.29) is 17.2 Å². The number of amides is 1. The molecule has 2 aliphatic rings. The topological polar surface area (TPSA) is 58.4 Å². The van der Waals surface area contributed by atoms with Crippen molar-refractivity contribution in [1.82, 2.24) is 19.6 Å². The van der Waals surface area contributed by atoms with Crippen molar-refractivity contribution in [2.75, 3.05) is 26.2 Å². The predicted molar refractivity (Wildman–Crippen MR) is 112 cm³/mol. The third-order valence-electron chi connectivity index (χ3n) is 6.53. The molecule has 2 saturated heterocycles. The molecule has 1 amide bonds. The highest BCUT2D eigenvalue weighted by atomic mass is 35.5. The Bertz CT molecular complexity index is 931. The Kier molecular flexibility index (Phi) is 5.49. The van der Waals surface area contributed by atoms with Crippen LogP contribution in [0.5, 0.6) is 0 Å². The molecule has 1 aromatic carbocycles. The number of carbonyl (C=O) groups excluding carboxylic acids is 2. The molecule has 0 atom stereocenters. The first-order valence-corrected chi connectivity index (χ1v) is 10.6. The molecule has 0 saturated carbocycles. The fraction of sp³-hybridized carbons (Fsp3) is 0.500. The first-order valence-electron chi connectivity index (χ1n) is 10.2. The minimum Gasteiger partial charge on any atom is -0.323 e. The van der Waals surface area contributed by atoms with E-state index in [1.54, 1.807) is 12.3 Å². The number of nitrogens with zero attached hydrogens (tertiary/aromatic N) is 4. The van der Waals surface area contributed by atoms with Crippen LogP contribution >= 0.6 is 11.6 Å². The molecule has 1 spiro atoms. The van der Waals surface area contributed by atoms with Gasteiger partial charge in [-0.1, -0.05) is 23.7 Å². The Labute approximate surface area is 176 Å². The van der Waals surface area contributed by atoms with E-state index in [1.165, 1.54) is 29.2 Å². The summed E-state index contributed by atoms with van der Waals surface area (Å²) < 4.78 is 1.29. The standard InChI is InChI=1S/C22H27ClN4O2/c1-16-18(4-3-5-19(16)23)14-25-11-7-22(15-25)8-12-26(13-9-22)21(29)27-10-6-20(24-27)17(2)28/h3-6,10H,7-9,11-15H2,1-2H3. The van der Waals surface area contributed by atoms with Gasteiger partial charge in [0.15, 0.2) is 5.78 Å². The lowest BCUT2D eigenvalue weighted by atomic mass is 9.78. The van der Waals surface area contributed by atoms with Crippen LogP contribution in [-0.2, 0) is 6.54 Å². The number of hydrogen-bond acceptors (Lipinski definition) is 4. The lowest BCUT2D eigenvalue weighted by Crippen LogP contribution is -2.45. The quantitative estimate of drug-likeness (QED) is 0.712. The van der Waals surface area contributed by atoms with Crippen molar-refractivity contribution in [2.24, 2.45) is 5.41 Å². The molecule has 3 heterocycles. The van der Waals surface area contributed by atoms with Gasteiger partial charge in [0.25, 0.3) is 0 Å². The highest BCUT2D eigenvalue weighted by Gasteiger charge is 2.41. The van der Waals surface area contributed by atoms with Crippen LogP contribution in [0.15, 0.2) is 30.5 Å². The number of piperidine rings is 1. The number of rotatable bonds is 3. The SMILES string of the molecule is CC(=O)c1ccn(C(=O)N2CCC3(CCN(Cc4cccc(Cl)c4C)C3)CC2)n1. The van der Waals surface area contributed by atoms with Gasteiger partial charge in [0, 0.05) is 44.3 Å². The summed E-state index contributed by atoms with van der Waals surface area (Å²) >= 11 is 6.27. The minimum atomic E-state index is -0.142. The molecule has 1 aromatic heterocycles. The number of aromatic nitrogens is 2. The third-order valence-corrected chi connectivity index (χ3v) is 6.94. The van der Waals surface area contributed by atoms with E-state index in [2.05, 4.69) is 23.0 Å². The van der Waals surface area contributed by atoms with Crippen LogP contribution < -0.4 is 0 Å². The van der Waals surface area contributed by atoms with Crippen LogP contribution in [0.1, 0.15) is 47.8 Å². The summed E-state index contributed by atoms with van der Waals surface area (Å²) in [5.74, 6) is -0.130. The molecule has 2 aliphatic heterocycles. The zero-order chi connectivity index (χ0) is 20.6. The Morgan fingerprint density at radius 1 is 1.14 bits per heavy atom. The number of Topliss-reactive ketones (excluding diaryl/α,β-unsaturated/α-hetero) is 1. The van der Waals surface area contributed by atoms with E-state index >= 15 is 0 Å². The first kappa shape index (κ1) is 20.1. The number of likely N-dealkylation sites (tertiary alicyclic amines) is 2. The van der Waals surface area contributed by atoms with Crippen molar-refractivity contribution in [2.45, 2.75) is 39.7 Å². The summed E-state index contributed by atoms with van der Waals surface area (Å²) in [6, 6.07) is 7.58. The summed E-state index contributed by atoms with van der Waals surface area (Å²) in [4.78, 5) is 28.5. The van der Waals surface area contributed by atoms with Gasteiger partial charge in [0.1, 0.15) is 5.69 Å². The average Bonchev–Trinajstić information content (AvgIpc) is 3.34. The van der Waals surface area contributed by atoms with Crippen LogP contribution in [-0.4, -0.2) is 57.6 Å². The molecular formula is C22H27ClN4O2. The Morgan fingerprint density at radius 2 is 1.86 bits per heavy atom. The molecule has 0 radical (unpaired) electrons. The molecule has 2 aromatic rings. The second kappa shape index (κ2) is 7.92. The van der Waals surface area contributed by atoms with E-state index in [0.29, 0.717) is 5.69 Å². The van der Waals surface area contributed by atoms with Gasteiger partial charge in [-0.3, -0.25) is 9.69 Å². The smallest absolute Gasteiger partial charge is 0.323 e. The van der Waals surface area contributed by atoms with Crippen molar-refractivity contribution in [3.63, 3.8) is 0 Å². The molecular weight excluding hydrogens is 388 g/mol. The van der Waals surface area contributed by atoms with Gasteiger partial charge in [0.2, 0.25) is 0 Å². The summed E-state index contributed by atoms with van der Waals surface area (Å²) in [5.41, 5.74) is 3.08. The number of halogens is 1. The lowest BCUT2D eigenvalue weighted by Gasteiger charge is -2.39. The molecule has 0 aliphatic carbocycles. The van der Waals surface area contributed by atoms with Gasteiger partial charge in [0.05, 0.1) is 0 Å². The third kappa shape index (κ3) is 4.09. The van der Waals surface area contributed by atoms with Gasteiger partial charge in [-0.15, -0.1) is 0 Å². The zero-order valence-electron chi connectivity index (χ0n) is 17.0. The maximum absolute atomic E-state index is 12.7. The monoisotopic (exact) mass is 414 g/mol.